The maximum absolute atomic E-state index is 13.3. The zero-order chi connectivity index (χ0) is 34.0. The number of nitrogens with one attached hydrogen (secondary N) is 5. The Hall–Kier alpha value is -5.05. The smallest absolute Gasteiger partial charge is 0.404 e. The molecule has 0 spiro atoms. The minimum absolute atomic E-state index is 0.122. The van der Waals surface area contributed by atoms with Gasteiger partial charge in [-0.1, -0.05) is 41.9 Å². The second kappa shape index (κ2) is 16.2. The van der Waals surface area contributed by atoms with Crippen LogP contribution in [-0.4, -0.2) is 101 Å². The fourth-order valence-electron chi connectivity index (χ4n) is 5.35. The largest absolute Gasteiger partial charge is 0.465 e. The Morgan fingerprint density at radius 2 is 1.79 bits per heavy atom. The summed E-state index contributed by atoms with van der Waals surface area (Å²) in [7, 11) is 2.13. The molecule has 1 aliphatic rings. The number of piperazine rings is 1. The highest BCUT2D eigenvalue weighted by molar-refractivity contribution is 6.34. The van der Waals surface area contributed by atoms with Crippen molar-refractivity contribution in [2.24, 2.45) is 0 Å². The maximum Gasteiger partial charge on any atom is 0.404 e. The lowest BCUT2D eigenvalue weighted by Gasteiger charge is -2.32. The Morgan fingerprint density at radius 1 is 1.02 bits per heavy atom. The number of rotatable bonds is 13. The van der Waals surface area contributed by atoms with E-state index in [0.717, 1.165) is 44.7 Å². The van der Waals surface area contributed by atoms with E-state index in [1.54, 1.807) is 0 Å². The molecule has 15 heteroatoms. The standard InChI is InChI=1S/C33H38ClN9O5/c1-42-14-16-43(17-15-42)13-5-11-35-32-37-20-23-18-24(31(46)40-28(23)41-32)30(45)39-27-19-22(8-9-25(27)34)29(44)38-26(10-12-36-33(47)48)21-6-3-2-4-7-21/h2-4,6-9,18-20,26,36H,5,10-17H2,1H3,(H,38,44)(H,39,45)(H,47,48)(H2,35,37,40,41,46). The SMILES string of the molecule is CN1CCN(CCCNc2ncc3cc(C(=O)Nc4cc(C(=O)NC(CCNC(=O)O)c5ccccc5)ccc4Cl)c(=O)[nH]c3n2)CC1. The number of pyridine rings is 1. The number of anilines is 2. The van der Waals surface area contributed by atoms with Gasteiger partial charge in [0, 0.05) is 56.4 Å². The van der Waals surface area contributed by atoms with Gasteiger partial charge in [-0.3, -0.25) is 14.4 Å². The number of carbonyl (C=O) groups is 3. The van der Waals surface area contributed by atoms with Crippen molar-refractivity contribution >= 4 is 52.2 Å². The van der Waals surface area contributed by atoms with E-state index in [9.17, 15) is 19.2 Å². The fraction of sp³-hybridized carbons (Fsp3) is 0.333. The van der Waals surface area contributed by atoms with Gasteiger partial charge in [0.05, 0.1) is 16.8 Å². The number of nitrogens with zero attached hydrogens (tertiary/aromatic N) is 4. The van der Waals surface area contributed by atoms with Gasteiger partial charge in [0.25, 0.3) is 17.4 Å². The van der Waals surface area contributed by atoms with Gasteiger partial charge in [0.15, 0.2) is 0 Å². The summed E-state index contributed by atoms with van der Waals surface area (Å²) < 4.78 is 0. The van der Waals surface area contributed by atoms with E-state index < -0.39 is 29.5 Å². The number of fused-ring (bicyclic) bond motifs is 1. The van der Waals surface area contributed by atoms with Crippen molar-refractivity contribution < 1.29 is 19.5 Å². The summed E-state index contributed by atoms with van der Waals surface area (Å²) >= 11 is 6.36. The van der Waals surface area contributed by atoms with E-state index in [2.05, 4.69) is 53.1 Å². The number of carboxylic acid groups (broad SMARTS) is 1. The molecular weight excluding hydrogens is 638 g/mol. The number of aromatic amines is 1. The molecule has 2 aromatic heterocycles. The minimum atomic E-state index is -1.16. The first kappa shape index (κ1) is 34.3. The van der Waals surface area contributed by atoms with Crippen LogP contribution < -0.4 is 26.8 Å². The molecule has 0 aliphatic carbocycles. The van der Waals surface area contributed by atoms with Crippen molar-refractivity contribution in [1.29, 1.82) is 0 Å². The summed E-state index contributed by atoms with van der Waals surface area (Å²) in [5, 5.41) is 20.6. The summed E-state index contributed by atoms with van der Waals surface area (Å²) in [5.41, 5.74) is 0.585. The number of aromatic nitrogens is 3. The molecule has 1 atom stereocenters. The third kappa shape index (κ3) is 9.27. The first-order valence-electron chi connectivity index (χ1n) is 15.6. The van der Waals surface area contributed by atoms with Gasteiger partial charge in [-0.25, -0.2) is 9.78 Å². The highest BCUT2D eigenvalue weighted by atomic mass is 35.5. The van der Waals surface area contributed by atoms with Gasteiger partial charge in [0.2, 0.25) is 5.95 Å². The first-order valence-corrected chi connectivity index (χ1v) is 16.0. The van der Waals surface area contributed by atoms with Crippen molar-refractivity contribution in [3.05, 3.63) is 92.9 Å². The predicted octanol–water partition coefficient (Wildman–Crippen LogP) is 3.40. The van der Waals surface area contributed by atoms with E-state index in [-0.39, 0.29) is 34.0 Å². The maximum atomic E-state index is 13.3. The van der Waals surface area contributed by atoms with Crippen LogP contribution in [0.3, 0.4) is 0 Å². The zero-order valence-corrected chi connectivity index (χ0v) is 27.2. The minimum Gasteiger partial charge on any atom is -0.465 e. The number of amides is 3. The van der Waals surface area contributed by atoms with Crippen molar-refractivity contribution in [3.63, 3.8) is 0 Å². The lowest BCUT2D eigenvalue weighted by molar-refractivity contribution is 0.0933. The Kier molecular flexibility index (Phi) is 11.6. The molecule has 0 saturated carbocycles. The van der Waals surface area contributed by atoms with Crippen LogP contribution in [0.1, 0.15) is 45.2 Å². The van der Waals surface area contributed by atoms with Crippen molar-refractivity contribution in [1.82, 2.24) is 35.4 Å². The number of carbonyl (C=O) groups excluding carboxylic acids is 2. The fourth-order valence-corrected chi connectivity index (χ4v) is 5.51. The topological polar surface area (TPSA) is 185 Å². The van der Waals surface area contributed by atoms with Crippen LogP contribution in [0.5, 0.6) is 0 Å². The molecule has 1 fully saturated rings. The highest BCUT2D eigenvalue weighted by Crippen LogP contribution is 2.25. The Morgan fingerprint density at radius 3 is 2.54 bits per heavy atom. The molecule has 2 aromatic carbocycles. The summed E-state index contributed by atoms with van der Waals surface area (Å²) in [5.74, 6) is -0.815. The second-order valence-corrected chi connectivity index (χ2v) is 11.9. The van der Waals surface area contributed by atoms with E-state index in [1.807, 2.05) is 30.3 Å². The normalized spacial score (nSPS) is 14.3. The Labute approximate surface area is 281 Å². The van der Waals surface area contributed by atoms with Crippen molar-refractivity contribution in [2.75, 3.05) is 63.5 Å². The average Bonchev–Trinajstić information content (AvgIpc) is 3.07. The van der Waals surface area contributed by atoms with Gasteiger partial charge in [-0.2, -0.15) is 4.98 Å². The lowest BCUT2D eigenvalue weighted by atomic mass is 10.0. The van der Waals surface area contributed by atoms with Gasteiger partial charge in [-0.05, 0) is 56.3 Å². The second-order valence-electron chi connectivity index (χ2n) is 11.5. The molecule has 252 valence electrons. The number of halogens is 1. The monoisotopic (exact) mass is 675 g/mol. The molecule has 1 aliphatic heterocycles. The van der Waals surface area contributed by atoms with Crippen LogP contribution in [0.4, 0.5) is 16.4 Å². The van der Waals surface area contributed by atoms with Gasteiger partial charge < -0.3 is 41.2 Å². The van der Waals surface area contributed by atoms with Gasteiger partial charge in [0.1, 0.15) is 11.2 Å². The summed E-state index contributed by atoms with van der Waals surface area (Å²) in [6.45, 7) is 6.01. The molecule has 14 nitrogen and oxygen atoms in total. The van der Waals surface area contributed by atoms with Crippen LogP contribution in [-0.2, 0) is 0 Å². The predicted molar refractivity (Wildman–Crippen MR) is 184 cm³/mol. The molecule has 6 N–H and O–H groups in total. The quantitative estimate of drug-likeness (QED) is 0.115. The van der Waals surface area contributed by atoms with E-state index in [1.165, 1.54) is 30.5 Å². The van der Waals surface area contributed by atoms with Crippen LogP contribution >= 0.6 is 11.6 Å². The van der Waals surface area contributed by atoms with Crippen LogP contribution in [0.15, 0.2) is 65.6 Å². The van der Waals surface area contributed by atoms with Gasteiger partial charge in [-0.15, -0.1) is 0 Å². The molecule has 1 unspecified atom stereocenters. The molecule has 4 aromatic rings. The summed E-state index contributed by atoms with van der Waals surface area (Å²) in [6.07, 6.45) is 1.60. The number of H-pyrrole nitrogens is 1. The molecule has 3 heterocycles. The summed E-state index contributed by atoms with van der Waals surface area (Å²) in [4.78, 5) is 66.5. The molecular formula is C33H38ClN9O5. The van der Waals surface area contributed by atoms with Crippen molar-refractivity contribution in [3.8, 4) is 0 Å². The molecule has 0 bridgehead atoms. The number of likely N-dealkylation sites (N-methyl/N-ethyl adjacent to an activating group) is 1. The number of hydrogen-bond acceptors (Lipinski definition) is 9. The third-order valence-corrected chi connectivity index (χ3v) is 8.39. The summed E-state index contributed by atoms with van der Waals surface area (Å²) in [6, 6.07) is 14.4. The lowest BCUT2D eigenvalue weighted by Crippen LogP contribution is -2.44. The number of hydrogen-bond donors (Lipinski definition) is 6. The number of benzene rings is 2. The molecule has 1 saturated heterocycles. The highest BCUT2D eigenvalue weighted by Gasteiger charge is 2.19. The Bertz CT molecular complexity index is 1810. The van der Waals surface area contributed by atoms with Crippen LogP contribution in [0, 0.1) is 0 Å². The molecule has 0 radical (unpaired) electrons. The average molecular weight is 676 g/mol. The molecule has 48 heavy (non-hydrogen) atoms. The molecule has 3 amide bonds. The van der Waals surface area contributed by atoms with Gasteiger partial charge >= 0.3 is 6.09 Å². The first-order chi connectivity index (χ1) is 23.2. The van der Waals surface area contributed by atoms with Crippen LogP contribution in [0.25, 0.3) is 11.0 Å². The molecule has 5 rings (SSSR count). The van der Waals surface area contributed by atoms with Crippen LogP contribution in [0.2, 0.25) is 5.02 Å². The zero-order valence-electron chi connectivity index (χ0n) is 26.5. The van der Waals surface area contributed by atoms with E-state index >= 15 is 0 Å². The third-order valence-electron chi connectivity index (χ3n) is 8.06. The van der Waals surface area contributed by atoms with E-state index in [4.69, 9.17) is 16.7 Å². The Balaban J connectivity index is 1.22. The van der Waals surface area contributed by atoms with Crippen molar-refractivity contribution in [2.45, 2.75) is 18.9 Å². The van der Waals surface area contributed by atoms with E-state index in [0.29, 0.717) is 24.3 Å².